The second-order valence-corrected chi connectivity index (χ2v) is 7.42. The summed E-state index contributed by atoms with van der Waals surface area (Å²) in [6.45, 7) is 2.48. The van der Waals surface area contributed by atoms with Gasteiger partial charge in [-0.1, -0.05) is 0 Å². The number of aliphatic hydroxyl groups excluding tert-OH is 1. The molecule has 1 fully saturated rings. The number of aliphatic hydroxyl groups is 1. The normalized spacial score (nSPS) is 22.4. The molecular formula is C22H27N3O5. The van der Waals surface area contributed by atoms with Crippen molar-refractivity contribution in [2.45, 2.75) is 44.2 Å². The lowest BCUT2D eigenvalue weighted by molar-refractivity contribution is 0.111. The highest BCUT2D eigenvalue weighted by molar-refractivity contribution is 6.16. The lowest BCUT2D eigenvalue weighted by Gasteiger charge is -2.37. The number of ether oxygens (including phenoxy) is 4. The second kappa shape index (κ2) is 8.47. The van der Waals surface area contributed by atoms with E-state index in [-0.39, 0.29) is 24.1 Å². The zero-order valence-electron chi connectivity index (χ0n) is 17.7. The number of hydrogen-bond acceptors (Lipinski definition) is 8. The first-order valence-electron chi connectivity index (χ1n) is 10.2. The monoisotopic (exact) mass is 413 g/mol. The average molecular weight is 413 g/mol. The predicted octanol–water partition coefficient (Wildman–Crippen LogP) is 2.75. The van der Waals surface area contributed by atoms with E-state index in [1.165, 1.54) is 7.11 Å². The zero-order valence-corrected chi connectivity index (χ0v) is 17.7. The number of hydrogen-bond donors (Lipinski definition) is 1. The largest absolute Gasteiger partial charge is 0.493 e. The van der Waals surface area contributed by atoms with Crippen LogP contribution in [0.25, 0.3) is 0 Å². The number of fused-ring (bicyclic) bond motifs is 3. The van der Waals surface area contributed by atoms with Gasteiger partial charge in [-0.2, -0.15) is 4.98 Å². The minimum atomic E-state index is -0.327. The van der Waals surface area contributed by atoms with Gasteiger partial charge in [0, 0.05) is 17.7 Å². The fourth-order valence-electron chi connectivity index (χ4n) is 4.35. The number of rotatable bonds is 6. The Hall–Kier alpha value is -2.87. The minimum absolute atomic E-state index is 0.0607. The maximum atomic E-state index is 10.3. The molecule has 30 heavy (non-hydrogen) atoms. The number of nitrogens with zero attached hydrogens (tertiary/aromatic N) is 3. The Morgan fingerprint density at radius 3 is 2.57 bits per heavy atom. The summed E-state index contributed by atoms with van der Waals surface area (Å²) in [5.41, 5.74) is 3.45. The van der Waals surface area contributed by atoms with E-state index >= 15 is 0 Å². The standard InChI is InChI=1S/C22H27N3O5/c1-5-30-19-9-13-14-8-12(26)6-7-17(14)24-20(15(13)10-18(19)27-2)16-11-23-22(29-4)25-21(16)28-3/h9-12,14,17,26H,5-8H2,1-4H3/t12?,14-,17?/m1/s1. The molecule has 0 radical (unpaired) electrons. The van der Waals surface area contributed by atoms with Gasteiger partial charge in [0.05, 0.1) is 51.4 Å². The molecule has 1 aromatic heterocycles. The molecule has 3 atom stereocenters. The Morgan fingerprint density at radius 2 is 1.87 bits per heavy atom. The SMILES string of the molecule is CCOc1cc2c(cc1OC)C(c1cnc(OC)nc1OC)=NC1CCC(O)C[C@H]21. The molecule has 2 unspecified atom stereocenters. The number of aliphatic imine (C=N–C) groups is 1. The van der Waals surface area contributed by atoms with Crippen LogP contribution in [0.5, 0.6) is 23.4 Å². The van der Waals surface area contributed by atoms with Gasteiger partial charge in [0.15, 0.2) is 11.5 Å². The summed E-state index contributed by atoms with van der Waals surface area (Å²) in [5.74, 6) is 1.83. The highest BCUT2D eigenvalue weighted by Crippen LogP contribution is 2.45. The summed E-state index contributed by atoms with van der Waals surface area (Å²) >= 11 is 0. The molecule has 160 valence electrons. The van der Waals surface area contributed by atoms with Crippen molar-refractivity contribution in [1.29, 1.82) is 0 Å². The van der Waals surface area contributed by atoms with Crippen molar-refractivity contribution in [3.8, 4) is 23.4 Å². The van der Waals surface area contributed by atoms with Crippen molar-refractivity contribution in [1.82, 2.24) is 9.97 Å². The van der Waals surface area contributed by atoms with E-state index in [1.54, 1.807) is 20.4 Å². The molecule has 0 bridgehead atoms. The van der Waals surface area contributed by atoms with Gasteiger partial charge in [-0.15, -0.1) is 0 Å². The third kappa shape index (κ3) is 3.56. The van der Waals surface area contributed by atoms with Crippen molar-refractivity contribution in [3.05, 3.63) is 35.0 Å². The topological polar surface area (TPSA) is 95.3 Å². The second-order valence-electron chi connectivity index (χ2n) is 7.42. The van der Waals surface area contributed by atoms with E-state index < -0.39 is 0 Å². The Bertz CT molecular complexity index is 962. The van der Waals surface area contributed by atoms with Crippen LogP contribution < -0.4 is 18.9 Å². The predicted molar refractivity (Wildman–Crippen MR) is 111 cm³/mol. The number of aromatic nitrogens is 2. The van der Waals surface area contributed by atoms with Gasteiger partial charge in [-0.25, -0.2) is 4.98 Å². The van der Waals surface area contributed by atoms with Crippen LogP contribution in [0, 0.1) is 0 Å². The van der Waals surface area contributed by atoms with Gasteiger partial charge in [-0.3, -0.25) is 4.99 Å². The molecular weight excluding hydrogens is 386 g/mol. The molecule has 2 heterocycles. The Kier molecular flexibility index (Phi) is 5.76. The fourth-order valence-corrected chi connectivity index (χ4v) is 4.35. The minimum Gasteiger partial charge on any atom is -0.493 e. The van der Waals surface area contributed by atoms with Crippen LogP contribution in [-0.2, 0) is 0 Å². The molecule has 0 saturated heterocycles. The molecule has 1 N–H and O–H groups in total. The van der Waals surface area contributed by atoms with Crippen LogP contribution in [0.1, 0.15) is 48.8 Å². The van der Waals surface area contributed by atoms with E-state index in [2.05, 4.69) is 9.97 Å². The summed E-state index contributed by atoms with van der Waals surface area (Å²) in [7, 11) is 4.70. The first-order valence-corrected chi connectivity index (χ1v) is 10.2. The lowest BCUT2D eigenvalue weighted by atomic mass is 9.74. The highest BCUT2D eigenvalue weighted by Gasteiger charge is 2.38. The Balaban J connectivity index is 1.91. The van der Waals surface area contributed by atoms with E-state index in [0.29, 0.717) is 36.0 Å². The maximum absolute atomic E-state index is 10.3. The van der Waals surface area contributed by atoms with E-state index in [9.17, 15) is 5.11 Å². The third-order valence-corrected chi connectivity index (χ3v) is 5.73. The van der Waals surface area contributed by atoms with Crippen molar-refractivity contribution >= 4 is 5.71 Å². The molecule has 4 rings (SSSR count). The molecule has 2 aromatic rings. The molecule has 1 saturated carbocycles. The molecule has 8 nitrogen and oxygen atoms in total. The van der Waals surface area contributed by atoms with Gasteiger partial charge in [0.2, 0.25) is 5.88 Å². The highest BCUT2D eigenvalue weighted by atomic mass is 16.5. The summed E-state index contributed by atoms with van der Waals surface area (Å²) in [4.78, 5) is 13.7. The molecule has 0 spiro atoms. The molecule has 1 aliphatic heterocycles. The van der Waals surface area contributed by atoms with Crippen molar-refractivity contribution in [2.75, 3.05) is 27.9 Å². The zero-order chi connectivity index (χ0) is 21.3. The Morgan fingerprint density at radius 1 is 1.03 bits per heavy atom. The van der Waals surface area contributed by atoms with Crippen LogP contribution in [0.4, 0.5) is 0 Å². The van der Waals surface area contributed by atoms with Crippen LogP contribution in [0.2, 0.25) is 0 Å². The molecule has 2 aliphatic rings. The summed E-state index contributed by atoms with van der Waals surface area (Å²) in [5, 5.41) is 10.3. The van der Waals surface area contributed by atoms with Crippen LogP contribution in [0.15, 0.2) is 23.3 Å². The van der Waals surface area contributed by atoms with Crippen LogP contribution >= 0.6 is 0 Å². The van der Waals surface area contributed by atoms with Gasteiger partial charge >= 0.3 is 6.01 Å². The average Bonchev–Trinajstić information content (AvgIpc) is 2.78. The van der Waals surface area contributed by atoms with Gasteiger partial charge < -0.3 is 24.1 Å². The van der Waals surface area contributed by atoms with Gasteiger partial charge in [0.1, 0.15) is 0 Å². The quantitative estimate of drug-likeness (QED) is 0.778. The molecule has 1 aliphatic carbocycles. The van der Waals surface area contributed by atoms with E-state index in [4.69, 9.17) is 23.9 Å². The third-order valence-electron chi connectivity index (χ3n) is 5.73. The lowest BCUT2D eigenvalue weighted by Crippen LogP contribution is -2.34. The van der Waals surface area contributed by atoms with E-state index in [0.717, 1.165) is 29.7 Å². The van der Waals surface area contributed by atoms with Crippen molar-refractivity contribution in [3.63, 3.8) is 0 Å². The number of methoxy groups -OCH3 is 3. The summed E-state index contributed by atoms with van der Waals surface area (Å²) in [6, 6.07) is 4.26. The first kappa shape index (κ1) is 20.4. The maximum Gasteiger partial charge on any atom is 0.319 e. The molecule has 1 aromatic carbocycles. The summed E-state index contributed by atoms with van der Waals surface area (Å²) in [6.07, 6.45) is 3.56. The number of benzene rings is 1. The van der Waals surface area contributed by atoms with Crippen molar-refractivity contribution in [2.24, 2.45) is 4.99 Å². The molecule has 8 heteroatoms. The summed E-state index contributed by atoms with van der Waals surface area (Å²) < 4.78 is 22.1. The first-order chi connectivity index (χ1) is 14.6. The van der Waals surface area contributed by atoms with Crippen LogP contribution in [0.3, 0.4) is 0 Å². The van der Waals surface area contributed by atoms with Gasteiger partial charge in [0.25, 0.3) is 0 Å². The molecule has 0 amide bonds. The van der Waals surface area contributed by atoms with Crippen molar-refractivity contribution < 1.29 is 24.1 Å². The smallest absolute Gasteiger partial charge is 0.319 e. The van der Waals surface area contributed by atoms with E-state index in [1.807, 2.05) is 19.1 Å². The fraction of sp³-hybridized carbons (Fsp3) is 0.500. The van der Waals surface area contributed by atoms with Crippen LogP contribution in [-0.4, -0.2) is 60.9 Å². The van der Waals surface area contributed by atoms with Gasteiger partial charge in [-0.05, 0) is 43.9 Å². The Labute approximate surface area is 175 Å².